The second-order valence-electron chi connectivity index (χ2n) is 3.23. The Morgan fingerprint density at radius 3 is 3.00 bits per heavy atom. The number of aromatic nitrogens is 2. The maximum absolute atomic E-state index is 10.5. The van der Waals surface area contributed by atoms with Gasteiger partial charge in [0.2, 0.25) is 0 Å². The molecule has 1 heterocycles. The van der Waals surface area contributed by atoms with Crippen molar-refractivity contribution in [3.8, 4) is 0 Å². The van der Waals surface area contributed by atoms with E-state index in [9.17, 15) is 4.79 Å². The Morgan fingerprint density at radius 2 is 2.58 bits per heavy atom. The molecule has 1 aromatic heterocycles. The largest absolute Gasteiger partial charge is 0.481 e. The summed E-state index contributed by atoms with van der Waals surface area (Å²) in [5.74, 6) is -0.658. The average molecular weight is 166 g/mol. The molecule has 0 unspecified atom stereocenters. The smallest absolute Gasteiger partial charge is 0.307 e. The molecule has 4 nitrogen and oxygen atoms in total. The lowest BCUT2D eigenvalue weighted by atomic mass is 10.2. The highest BCUT2D eigenvalue weighted by atomic mass is 16.4. The van der Waals surface area contributed by atoms with Crippen molar-refractivity contribution in [2.45, 2.75) is 12.3 Å². The average Bonchev–Trinajstić information content (AvgIpc) is 2.70. The summed E-state index contributed by atoms with van der Waals surface area (Å²) in [6, 6.07) is 0. The normalized spacial score (nSPS) is 27.1. The van der Waals surface area contributed by atoms with Crippen LogP contribution in [0.5, 0.6) is 0 Å². The molecule has 0 bridgehead atoms. The molecule has 1 aliphatic carbocycles. The third-order valence-corrected chi connectivity index (χ3v) is 2.26. The van der Waals surface area contributed by atoms with Crippen LogP contribution in [0, 0.1) is 5.92 Å². The van der Waals surface area contributed by atoms with Crippen LogP contribution in [0.2, 0.25) is 0 Å². The highest BCUT2D eigenvalue weighted by Gasteiger charge is 2.44. The van der Waals surface area contributed by atoms with Gasteiger partial charge in [-0.1, -0.05) is 0 Å². The summed E-state index contributed by atoms with van der Waals surface area (Å²) in [7, 11) is 1.83. The molecule has 0 radical (unpaired) electrons. The molecule has 0 saturated heterocycles. The number of aliphatic carboxylic acids is 1. The molecule has 0 spiro atoms. The zero-order chi connectivity index (χ0) is 8.72. The van der Waals surface area contributed by atoms with Gasteiger partial charge in [0.25, 0.3) is 0 Å². The van der Waals surface area contributed by atoms with E-state index in [4.69, 9.17) is 5.11 Å². The van der Waals surface area contributed by atoms with Gasteiger partial charge in [-0.05, 0) is 12.0 Å². The summed E-state index contributed by atoms with van der Waals surface area (Å²) < 4.78 is 1.70. The van der Waals surface area contributed by atoms with Gasteiger partial charge in [-0.15, -0.1) is 0 Å². The van der Waals surface area contributed by atoms with E-state index in [0.717, 1.165) is 12.0 Å². The molecular weight excluding hydrogens is 156 g/mol. The molecule has 0 aliphatic heterocycles. The van der Waals surface area contributed by atoms with Crippen LogP contribution in [-0.2, 0) is 11.8 Å². The van der Waals surface area contributed by atoms with Crippen LogP contribution < -0.4 is 0 Å². The van der Waals surface area contributed by atoms with Crippen molar-refractivity contribution in [3.63, 3.8) is 0 Å². The number of rotatable bonds is 2. The maximum Gasteiger partial charge on any atom is 0.307 e. The first-order valence-corrected chi connectivity index (χ1v) is 3.90. The fourth-order valence-electron chi connectivity index (χ4n) is 1.47. The van der Waals surface area contributed by atoms with Crippen molar-refractivity contribution < 1.29 is 9.90 Å². The zero-order valence-corrected chi connectivity index (χ0v) is 6.77. The molecule has 1 saturated carbocycles. The summed E-state index contributed by atoms with van der Waals surface area (Å²) in [4.78, 5) is 10.5. The van der Waals surface area contributed by atoms with Gasteiger partial charge in [0, 0.05) is 19.2 Å². The third-order valence-electron chi connectivity index (χ3n) is 2.26. The first kappa shape index (κ1) is 7.34. The minimum atomic E-state index is -0.691. The SMILES string of the molecule is Cn1cc([C@@H]2C[C@H]2C(=O)O)cn1. The van der Waals surface area contributed by atoms with Crippen LogP contribution in [0.1, 0.15) is 17.9 Å². The zero-order valence-electron chi connectivity index (χ0n) is 6.77. The Balaban J connectivity index is 2.10. The summed E-state index contributed by atoms with van der Waals surface area (Å²) in [5.41, 5.74) is 1.05. The summed E-state index contributed by atoms with van der Waals surface area (Å²) in [5, 5.41) is 12.7. The van der Waals surface area contributed by atoms with Gasteiger partial charge in [0.1, 0.15) is 0 Å². The van der Waals surface area contributed by atoms with Crippen LogP contribution in [0.3, 0.4) is 0 Å². The summed E-state index contributed by atoms with van der Waals surface area (Å²) in [6.45, 7) is 0. The van der Waals surface area contributed by atoms with Crippen molar-refractivity contribution in [2.24, 2.45) is 13.0 Å². The Kier molecular flexibility index (Phi) is 1.43. The Morgan fingerprint density at radius 1 is 1.83 bits per heavy atom. The van der Waals surface area contributed by atoms with Gasteiger partial charge in [-0.3, -0.25) is 9.48 Å². The van der Waals surface area contributed by atoms with Crippen molar-refractivity contribution >= 4 is 5.97 Å². The van der Waals surface area contributed by atoms with Crippen molar-refractivity contribution in [1.29, 1.82) is 0 Å². The van der Waals surface area contributed by atoms with Crippen LogP contribution in [0.4, 0.5) is 0 Å². The number of carboxylic acids is 1. The fraction of sp³-hybridized carbons (Fsp3) is 0.500. The predicted molar refractivity (Wildman–Crippen MR) is 41.7 cm³/mol. The van der Waals surface area contributed by atoms with E-state index in [0.29, 0.717) is 0 Å². The second kappa shape index (κ2) is 2.33. The molecule has 0 amide bonds. The van der Waals surface area contributed by atoms with Gasteiger partial charge < -0.3 is 5.11 Å². The number of hydrogen-bond acceptors (Lipinski definition) is 2. The van der Waals surface area contributed by atoms with E-state index in [-0.39, 0.29) is 11.8 Å². The lowest BCUT2D eigenvalue weighted by Crippen LogP contribution is -1.98. The Bertz CT molecular complexity index is 319. The molecule has 2 rings (SSSR count). The highest BCUT2D eigenvalue weighted by molar-refractivity contribution is 5.75. The van der Waals surface area contributed by atoms with Crippen LogP contribution >= 0.6 is 0 Å². The molecule has 1 N–H and O–H groups in total. The van der Waals surface area contributed by atoms with E-state index in [1.54, 1.807) is 10.9 Å². The Labute approximate surface area is 69.8 Å². The molecular formula is C8H10N2O2. The number of carbonyl (C=O) groups is 1. The van der Waals surface area contributed by atoms with Crippen molar-refractivity contribution in [2.75, 3.05) is 0 Å². The third kappa shape index (κ3) is 1.09. The van der Waals surface area contributed by atoms with Gasteiger partial charge in [-0.2, -0.15) is 5.10 Å². The number of hydrogen-bond donors (Lipinski definition) is 1. The molecule has 1 aromatic rings. The summed E-state index contributed by atoms with van der Waals surface area (Å²) in [6.07, 6.45) is 4.39. The Hall–Kier alpha value is -1.32. The number of nitrogens with zero attached hydrogens (tertiary/aromatic N) is 2. The lowest BCUT2D eigenvalue weighted by Gasteiger charge is -1.89. The van der Waals surface area contributed by atoms with E-state index in [1.807, 2.05) is 13.2 Å². The minimum absolute atomic E-state index is 0.172. The topological polar surface area (TPSA) is 55.1 Å². The number of carboxylic acid groups (broad SMARTS) is 1. The first-order chi connectivity index (χ1) is 5.68. The minimum Gasteiger partial charge on any atom is -0.481 e. The monoisotopic (exact) mass is 166 g/mol. The van der Waals surface area contributed by atoms with E-state index in [2.05, 4.69) is 5.10 Å². The van der Waals surface area contributed by atoms with E-state index in [1.165, 1.54) is 0 Å². The molecule has 64 valence electrons. The summed E-state index contributed by atoms with van der Waals surface area (Å²) >= 11 is 0. The van der Waals surface area contributed by atoms with Gasteiger partial charge in [0.05, 0.1) is 12.1 Å². The molecule has 12 heavy (non-hydrogen) atoms. The van der Waals surface area contributed by atoms with Gasteiger partial charge >= 0.3 is 5.97 Å². The van der Waals surface area contributed by atoms with Gasteiger partial charge in [0.15, 0.2) is 0 Å². The number of aryl methyl sites for hydroxylation is 1. The standard InChI is InChI=1S/C8H10N2O2/c1-10-4-5(3-9-10)6-2-7(6)8(11)12/h3-4,6-7H,2H2,1H3,(H,11,12)/t6-,7+/m0/s1. The lowest BCUT2D eigenvalue weighted by molar-refractivity contribution is -0.138. The fourth-order valence-corrected chi connectivity index (χ4v) is 1.47. The van der Waals surface area contributed by atoms with Crippen molar-refractivity contribution in [1.82, 2.24) is 9.78 Å². The molecule has 2 atom stereocenters. The van der Waals surface area contributed by atoms with Gasteiger partial charge in [-0.25, -0.2) is 0 Å². The highest BCUT2D eigenvalue weighted by Crippen LogP contribution is 2.47. The van der Waals surface area contributed by atoms with E-state index < -0.39 is 5.97 Å². The molecule has 1 aliphatic rings. The van der Waals surface area contributed by atoms with E-state index >= 15 is 0 Å². The molecule has 4 heteroatoms. The maximum atomic E-state index is 10.5. The predicted octanol–water partition coefficient (Wildman–Crippen LogP) is 0.608. The second-order valence-corrected chi connectivity index (χ2v) is 3.23. The van der Waals surface area contributed by atoms with Crippen LogP contribution in [0.15, 0.2) is 12.4 Å². The van der Waals surface area contributed by atoms with Crippen LogP contribution in [0.25, 0.3) is 0 Å². The molecule has 0 aromatic carbocycles. The van der Waals surface area contributed by atoms with Crippen LogP contribution in [-0.4, -0.2) is 20.9 Å². The first-order valence-electron chi connectivity index (χ1n) is 3.90. The molecule has 1 fully saturated rings. The quantitative estimate of drug-likeness (QED) is 0.700. The van der Waals surface area contributed by atoms with Crippen molar-refractivity contribution in [3.05, 3.63) is 18.0 Å².